The fourth-order valence-corrected chi connectivity index (χ4v) is 4.24. The lowest BCUT2D eigenvalue weighted by Gasteiger charge is -2.28. The van der Waals surface area contributed by atoms with E-state index in [1.54, 1.807) is 37.3 Å². The molecule has 0 radical (unpaired) electrons. The molecule has 0 saturated heterocycles. The van der Waals surface area contributed by atoms with E-state index in [9.17, 15) is 13.2 Å². The first kappa shape index (κ1) is 16.7. The highest BCUT2D eigenvalue weighted by Crippen LogP contribution is 2.27. The van der Waals surface area contributed by atoms with Crippen molar-refractivity contribution >= 4 is 21.6 Å². The van der Waals surface area contributed by atoms with Crippen LogP contribution in [0.1, 0.15) is 24.5 Å². The van der Waals surface area contributed by atoms with Crippen LogP contribution >= 0.6 is 0 Å². The third kappa shape index (κ3) is 3.34. The first-order valence-electron chi connectivity index (χ1n) is 7.97. The number of carbonyl (C=O) groups excluding carboxylic acids is 1. The van der Waals surface area contributed by atoms with E-state index in [0.29, 0.717) is 36.5 Å². The third-order valence-corrected chi connectivity index (χ3v) is 6.03. The Morgan fingerprint density at radius 1 is 1.12 bits per heavy atom. The highest BCUT2D eigenvalue weighted by Gasteiger charge is 2.28. The van der Waals surface area contributed by atoms with E-state index in [0.717, 1.165) is 11.1 Å². The zero-order chi connectivity index (χ0) is 17.2. The van der Waals surface area contributed by atoms with E-state index in [2.05, 4.69) is 5.32 Å². The SMILES string of the molecule is CCC(=O)Nc1ccc2c(c1)CN(S(=O)(=O)c1ccccc1)CC2. The van der Waals surface area contributed by atoms with Gasteiger partial charge in [-0.25, -0.2) is 8.42 Å². The van der Waals surface area contributed by atoms with Gasteiger partial charge in [0.25, 0.3) is 0 Å². The number of rotatable bonds is 4. The molecule has 1 N–H and O–H groups in total. The molecule has 1 heterocycles. The fourth-order valence-electron chi connectivity index (χ4n) is 2.81. The molecule has 24 heavy (non-hydrogen) atoms. The highest BCUT2D eigenvalue weighted by atomic mass is 32.2. The van der Waals surface area contributed by atoms with Gasteiger partial charge in [-0.15, -0.1) is 0 Å². The molecule has 0 fully saturated rings. The van der Waals surface area contributed by atoms with Crippen molar-refractivity contribution in [2.45, 2.75) is 31.2 Å². The average Bonchev–Trinajstić information content (AvgIpc) is 2.61. The van der Waals surface area contributed by atoms with Crippen molar-refractivity contribution in [2.24, 2.45) is 0 Å². The second-order valence-electron chi connectivity index (χ2n) is 5.79. The first-order chi connectivity index (χ1) is 11.5. The molecule has 6 heteroatoms. The van der Waals surface area contributed by atoms with Crippen molar-refractivity contribution in [2.75, 3.05) is 11.9 Å². The monoisotopic (exact) mass is 344 g/mol. The Kier molecular flexibility index (Phi) is 4.69. The smallest absolute Gasteiger partial charge is 0.243 e. The predicted octanol–water partition coefficient (Wildman–Crippen LogP) is 2.78. The lowest BCUT2D eigenvalue weighted by molar-refractivity contribution is -0.115. The summed E-state index contributed by atoms with van der Waals surface area (Å²) in [5.74, 6) is -0.0560. The maximum absolute atomic E-state index is 12.8. The second-order valence-corrected chi connectivity index (χ2v) is 7.72. The molecule has 2 aromatic carbocycles. The van der Waals surface area contributed by atoms with Gasteiger partial charge in [0.1, 0.15) is 0 Å². The quantitative estimate of drug-likeness (QED) is 0.927. The van der Waals surface area contributed by atoms with Crippen LogP contribution in [0.2, 0.25) is 0 Å². The number of amides is 1. The van der Waals surface area contributed by atoms with Gasteiger partial charge in [0.2, 0.25) is 15.9 Å². The van der Waals surface area contributed by atoms with Gasteiger partial charge in [-0.3, -0.25) is 4.79 Å². The molecule has 0 aromatic heterocycles. The van der Waals surface area contributed by atoms with Gasteiger partial charge in [0.05, 0.1) is 4.90 Å². The predicted molar refractivity (Wildman–Crippen MR) is 93.1 cm³/mol. The van der Waals surface area contributed by atoms with E-state index >= 15 is 0 Å². The fraction of sp³-hybridized carbons (Fsp3) is 0.278. The Balaban J connectivity index is 1.85. The molecule has 0 unspecified atom stereocenters. The molecule has 0 aliphatic carbocycles. The summed E-state index contributed by atoms with van der Waals surface area (Å²) < 4.78 is 27.0. The molecule has 0 atom stereocenters. The first-order valence-corrected chi connectivity index (χ1v) is 9.41. The van der Waals surface area contributed by atoms with Crippen LogP contribution in [0.4, 0.5) is 5.69 Å². The van der Waals surface area contributed by atoms with Crippen molar-refractivity contribution in [3.63, 3.8) is 0 Å². The van der Waals surface area contributed by atoms with Crippen LogP contribution in [0.25, 0.3) is 0 Å². The summed E-state index contributed by atoms with van der Waals surface area (Å²) >= 11 is 0. The minimum atomic E-state index is -3.50. The van der Waals surface area contributed by atoms with E-state index in [4.69, 9.17) is 0 Å². The van der Waals surface area contributed by atoms with Crippen LogP contribution in [-0.4, -0.2) is 25.2 Å². The molecular formula is C18H20N2O3S. The van der Waals surface area contributed by atoms with Gasteiger partial charge in [-0.1, -0.05) is 31.2 Å². The van der Waals surface area contributed by atoms with Crippen molar-refractivity contribution < 1.29 is 13.2 Å². The number of anilines is 1. The van der Waals surface area contributed by atoms with Crippen LogP contribution < -0.4 is 5.32 Å². The van der Waals surface area contributed by atoms with E-state index in [1.807, 2.05) is 18.2 Å². The Morgan fingerprint density at radius 3 is 2.58 bits per heavy atom. The van der Waals surface area contributed by atoms with E-state index in [-0.39, 0.29) is 5.91 Å². The lowest BCUT2D eigenvalue weighted by Crippen LogP contribution is -2.36. The Morgan fingerprint density at radius 2 is 1.88 bits per heavy atom. The van der Waals surface area contributed by atoms with E-state index in [1.165, 1.54) is 4.31 Å². The van der Waals surface area contributed by atoms with Gasteiger partial charge in [-0.2, -0.15) is 4.31 Å². The lowest BCUT2D eigenvalue weighted by atomic mass is 10.0. The Hall–Kier alpha value is -2.18. The average molecular weight is 344 g/mol. The minimum absolute atomic E-state index is 0.0560. The Bertz CT molecular complexity index is 848. The van der Waals surface area contributed by atoms with E-state index < -0.39 is 10.0 Å². The largest absolute Gasteiger partial charge is 0.326 e. The summed E-state index contributed by atoms with van der Waals surface area (Å²) in [7, 11) is -3.50. The summed E-state index contributed by atoms with van der Waals surface area (Å²) in [6.07, 6.45) is 1.08. The number of nitrogens with one attached hydrogen (secondary N) is 1. The van der Waals surface area contributed by atoms with Gasteiger partial charge in [-0.05, 0) is 41.8 Å². The molecular weight excluding hydrogens is 324 g/mol. The third-order valence-electron chi connectivity index (χ3n) is 4.17. The molecule has 1 amide bonds. The normalized spacial score (nSPS) is 14.9. The standard InChI is InChI=1S/C18H20N2O3S/c1-2-18(21)19-16-9-8-14-10-11-20(13-15(14)12-16)24(22,23)17-6-4-3-5-7-17/h3-9,12H,2,10-11,13H2,1H3,(H,19,21). The molecule has 0 spiro atoms. The van der Waals surface area contributed by atoms with Crippen molar-refractivity contribution in [3.05, 3.63) is 59.7 Å². The van der Waals surface area contributed by atoms with Crippen LogP contribution in [-0.2, 0) is 27.8 Å². The molecule has 0 bridgehead atoms. The molecule has 0 saturated carbocycles. The summed E-state index contributed by atoms with van der Waals surface area (Å²) in [5.41, 5.74) is 2.78. The van der Waals surface area contributed by atoms with Crippen LogP contribution in [0.15, 0.2) is 53.4 Å². The number of nitrogens with zero attached hydrogens (tertiary/aromatic N) is 1. The van der Waals surface area contributed by atoms with Crippen molar-refractivity contribution in [1.29, 1.82) is 0 Å². The molecule has 1 aliphatic heterocycles. The van der Waals surface area contributed by atoms with Crippen molar-refractivity contribution in [1.82, 2.24) is 4.31 Å². The molecule has 2 aromatic rings. The van der Waals surface area contributed by atoms with Gasteiger partial charge in [0.15, 0.2) is 0 Å². The van der Waals surface area contributed by atoms with Gasteiger partial charge >= 0.3 is 0 Å². The van der Waals surface area contributed by atoms with Crippen LogP contribution in [0.5, 0.6) is 0 Å². The van der Waals surface area contributed by atoms with Gasteiger partial charge in [0, 0.05) is 25.2 Å². The topological polar surface area (TPSA) is 66.5 Å². The van der Waals surface area contributed by atoms with Crippen molar-refractivity contribution in [3.8, 4) is 0 Å². The minimum Gasteiger partial charge on any atom is -0.326 e. The number of fused-ring (bicyclic) bond motifs is 1. The summed E-state index contributed by atoms with van der Waals surface area (Å²) in [6.45, 7) is 2.58. The number of hydrogen-bond acceptors (Lipinski definition) is 3. The highest BCUT2D eigenvalue weighted by molar-refractivity contribution is 7.89. The second kappa shape index (κ2) is 6.75. The number of sulfonamides is 1. The summed E-state index contributed by atoms with van der Waals surface area (Å²) in [6, 6.07) is 14.2. The number of carbonyl (C=O) groups is 1. The molecule has 3 rings (SSSR count). The van der Waals surface area contributed by atoms with Gasteiger partial charge < -0.3 is 5.32 Å². The Labute approximate surface area is 142 Å². The molecule has 126 valence electrons. The van der Waals surface area contributed by atoms with Crippen LogP contribution in [0.3, 0.4) is 0 Å². The number of hydrogen-bond donors (Lipinski definition) is 1. The summed E-state index contributed by atoms with van der Waals surface area (Å²) in [5, 5.41) is 2.82. The molecule has 1 aliphatic rings. The maximum atomic E-state index is 12.8. The zero-order valence-corrected chi connectivity index (χ0v) is 14.3. The van der Waals surface area contributed by atoms with Crippen LogP contribution in [0, 0.1) is 0 Å². The summed E-state index contributed by atoms with van der Waals surface area (Å²) in [4.78, 5) is 11.8. The number of benzene rings is 2. The molecule has 5 nitrogen and oxygen atoms in total. The zero-order valence-electron chi connectivity index (χ0n) is 13.5. The maximum Gasteiger partial charge on any atom is 0.243 e.